The Kier molecular flexibility index (Phi) is 41.3. The Morgan fingerprint density at radius 3 is 0.963 bits per heavy atom. The summed E-state index contributed by atoms with van der Waals surface area (Å²) in [5.41, 5.74) is 0. The van der Waals surface area contributed by atoms with Crippen molar-refractivity contribution < 1.29 is 28.6 Å². The van der Waals surface area contributed by atoms with Gasteiger partial charge in [0.15, 0.2) is 6.10 Å². The molecule has 0 heterocycles. The van der Waals surface area contributed by atoms with Crippen molar-refractivity contribution >= 4 is 17.9 Å². The molecule has 0 saturated carbocycles. The van der Waals surface area contributed by atoms with Crippen LogP contribution in [0.2, 0.25) is 0 Å². The van der Waals surface area contributed by atoms with Gasteiger partial charge in [-0.05, 0) is 25.2 Å². The normalized spacial score (nSPS) is 12.4. The fourth-order valence-corrected chi connectivity index (χ4v) is 7.12. The molecule has 0 spiro atoms. The number of rotatable bonds is 43. The Labute approximate surface area is 336 Å². The molecule has 0 fully saturated rings. The van der Waals surface area contributed by atoms with E-state index in [-0.39, 0.29) is 31.1 Å². The maximum atomic E-state index is 12.5. The lowest BCUT2D eigenvalue weighted by Crippen LogP contribution is -2.30. The Balaban J connectivity index is 4.09. The number of carbonyl (C=O) groups is 3. The Morgan fingerprint density at radius 1 is 0.370 bits per heavy atom. The zero-order valence-electron chi connectivity index (χ0n) is 36.7. The first-order valence-corrected chi connectivity index (χ1v) is 23.9. The summed E-state index contributed by atoms with van der Waals surface area (Å²) in [6.45, 7) is 8.97. The highest BCUT2D eigenvalue weighted by molar-refractivity contribution is 5.71. The third kappa shape index (κ3) is 40.1. The van der Waals surface area contributed by atoms with E-state index in [0.29, 0.717) is 19.3 Å². The molecule has 0 aliphatic carbocycles. The second kappa shape index (κ2) is 42.6. The third-order valence-corrected chi connectivity index (χ3v) is 11.2. The molecule has 2 atom stereocenters. The standard InChI is InChI=1S/C48H92O6/c1-5-8-10-12-13-14-15-18-22-25-28-32-35-39-46(49)52-42-45(54-48(51)41-37-30-11-9-6-2)43-53-47(50)40-36-33-29-26-23-20-17-16-19-21-24-27-31-34-38-44(4)7-3/h44-45H,5-43H2,1-4H3/t44?,45-/m1/s1. The van der Waals surface area contributed by atoms with E-state index in [2.05, 4.69) is 27.7 Å². The van der Waals surface area contributed by atoms with Crippen LogP contribution in [0, 0.1) is 5.92 Å². The topological polar surface area (TPSA) is 78.9 Å². The van der Waals surface area contributed by atoms with Crippen molar-refractivity contribution in [2.45, 2.75) is 271 Å². The average Bonchev–Trinajstić information content (AvgIpc) is 3.17. The van der Waals surface area contributed by atoms with Crippen molar-refractivity contribution in [2.75, 3.05) is 13.2 Å². The second-order valence-electron chi connectivity index (χ2n) is 16.6. The minimum atomic E-state index is -0.757. The molecule has 0 aliphatic heterocycles. The first-order valence-electron chi connectivity index (χ1n) is 23.9. The highest BCUT2D eigenvalue weighted by Gasteiger charge is 2.19. The number of ether oxygens (including phenoxy) is 3. The van der Waals surface area contributed by atoms with E-state index in [1.165, 1.54) is 154 Å². The van der Waals surface area contributed by atoms with E-state index < -0.39 is 6.10 Å². The second-order valence-corrected chi connectivity index (χ2v) is 16.6. The molecule has 0 saturated heterocycles. The Morgan fingerprint density at radius 2 is 0.648 bits per heavy atom. The van der Waals surface area contributed by atoms with E-state index in [1.807, 2.05) is 0 Å². The van der Waals surface area contributed by atoms with Crippen molar-refractivity contribution in [3.8, 4) is 0 Å². The number of esters is 3. The largest absolute Gasteiger partial charge is 0.462 e. The molecule has 0 aliphatic rings. The van der Waals surface area contributed by atoms with Crippen molar-refractivity contribution in [3.63, 3.8) is 0 Å². The van der Waals surface area contributed by atoms with Crippen LogP contribution in [0.15, 0.2) is 0 Å². The fourth-order valence-electron chi connectivity index (χ4n) is 7.12. The Bertz CT molecular complexity index is 813. The first-order chi connectivity index (χ1) is 26.4. The van der Waals surface area contributed by atoms with Gasteiger partial charge in [-0.15, -0.1) is 0 Å². The summed E-state index contributed by atoms with van der Waals surface area (Å²) in [4.78, 5) is 37.5. The van der Waals surface area contributed by atoms with Gasteiger partial charge in [0.1, 0.15) is 13.2 Å². The summed E-state index contributed by atoms with van der Waals surface area (Å²) in [6.07, 6.45) is 42.5. The van der Waals surface area contributed by atoms with Crippen LogP contribution in [-0.4, -0.2) is 37.2 Å². The number of hydrogen-bond acceptors (Lipinski definition) is 6. The van der Waals surface area contributed by atoms with E-state index >= 15 is 0 Å². The SMILES string of the molecule is CCCCCCCCCCCCCCCC(=O)OC[C@H](COC(=O)CCCCCCCCCCCCCCCCC(C)CC)OC(=O)CCCCCCC. The number of hydrogen-bond donors (Lipinski definition) is 0. The summed E-state index contributed by atoms with van der Waals surface area (Å²) in [7, 11) is 0. The van der Waals surface area contributed by atoms with E-state index in [0.717, 1.165) is 70.1 Å². The maximum Gasteiger partial charge on any atom is 0.306 e. The summed E-state index contributed by atoms with van der Waals surface area (Å²) < 4.78 is 16.6. The van der Waals surface area contributed by atoms with E-state index in [4.69, 9.17) is 14.2 Å². The fraction of sp³-hybridized carbons (Fsp3) is 0.938. The lowest BCUT2D eigenvalue weighted by atomic mass is 9.99. The first kappa shape index (κ1) is 52.4. The average molecular weight is 765 g/mol. The molecule has 320 valence electrons. The molecule has 0 radical (unpaired) electrons. The summed E-state index contributed by atoms with van der Waals surface area (Å²) in [5.74, 6) is 0.0306. The summed E-state index contributed by atoms with van der Waals surface area (Å²) in [6, 6.07) is 0. The molecule has 0 rings (SSSR count). The number of carbonyl (C=O) groups excluding carboxylic acids is 3. The van der Waals surface area contributed by atoms with Gasteiger partial charge in [-0.2, -0.15) is 0 Å². The monoisotopic (exact) mass is 765 g/mol. The van der Waals surface area contributed by atoms with Crippen LogP contribution in [-0.2, 0) is 28.6 Å². The Hall–Kier alpha value is -1.59. The minimum absolute atomic E-state index is 0.0648. The number of unbranched alkanes of at least 4 members (excludes halogenated alkanes) is 29. The van der Waals surface area contributed by atoms with E-state index in [1.54, 1.807) is 0 Å². The van der Waals surface area contributed by atoms with E-state index in [9.17, 15) is 14.4 Å². The molecule has 0 bridgehead atoms. The molecule has 6 heteroatoms. The smallest absolute Gasteiger partial charge is 0.306 e. The predicted molar refractivity (Wildman–Crippen MR) is 229 cm³/mol. The van der Waals surface area contributed by atoms with Crippen LogP contribution in [0.3, 0.4) is 0 Å². The molecule has 6 nitrogen and oxygen atoms in total. The molecular formula is C48H92O6. The van der Waals surface area contributed by atoms with Gasteiger partial charge in [0.05, 0.1) is 0 Å². The molecule has 0 aromatic heterocycles. The van der Waals surface area contributed by atoms with Crippen LogP contribution in [0.5, 0.6) is 0 Å². The highest BCUT2D eigenvalue weighted by Crippen LogP contribution is 2.17. The zero-order valence-corrected chi connectivity index (χ0v) is 36.7. The predicted octanol–water partition coefficient (Wildman–Crippen LogP) is 15.1. The van der Waals surface area contributed by atoms with Crippen molar-refractivity contribution in [1.82, 2.24) is 0 Å². The van der Waals surface area contributed by atoms with Crippen molar-refractivity contribution in [2.24, 2.45) is 5.92 Å². The lowest BCUT2D eigenvalue weighted by molar-refractivity contribution is -0.167. The van der Waals surface area contributed by atoms with Crippen LogP contribution in [0.4, 0.5) is 0 Å². The van der Waals surface area contributed by atoms with Gasteiger partial charge in [-0.3, -0.25) is 14.4 Å². The quantitative estimate of drug-likeness (QED) is 0.0349. The van der Waals surface area contributed by atoms with Crippen LogP contribution in [0.1, 0.15) is 265 Å². The molecule has 54 heavy (non-hydrogen) atoms. The molecular weight excluding hydrogens is 673 g/mol. The third-order valence-electron chi connectivity index (χ3n) is 11.2. The molecule has 1 unspecified atom stereocenters. The van der Waals surface area contributed by atoms with Crippen LogP contribution in [0.25, 0.3) is 0 Å². The van der Waals surface area contributed by atoms with Gasteiger partial charge >= 0.3 is 17.9 Å². The molecule has 0 aromatic rings. The lowest BCUT2D eigenvalue weighted by Gasteiger charge is -2.18. The van der Waals surface area contributed by atoms with Crippen molar-refractivity contribution in [1.29, 1.82) is 0 Å². The minimum Gasteiger partial charge on any atom is -0.462 e. The molecule has 0 amide bonds. The highest BCUT2D eigenvalue weighted by atomic mass is 16.6. The van der Waals surface area contributed by atoms with Gasteiger partial charge in [-0.1, -0.05) is 227 Å². The summed E-state index contributed by atoms with van der Waals surface area (Å²) >= 11 is 0. The van der Waals surface area contributed by atoms with Gasteiger partial charge in [0.2, 0.25) is 0 Å². The zero-order chi connectivity index (χ0) is 39.6. The van der Waals surface area contributed by atoms with Crippen LogP contribution >= 0.6 is 0 Å². The van der Waals surface area contributed by atoms with Gasteiger partial charge in [0, 0.05) is 19.3 Å². The van der Waals surface area contributed by atoms with Crippen molar-refractivity contribution in [3.05, 3.63) is 0 Å². The summed E-state index contributed by atoms with van der Waals surface area (Å²) in [5, 5.41) is 0. The van der Waals surface area contributed by atoms with Gasteiger partial charge in [-0.25, -0.2) is 0 Å². The van der Waals surface area contributed by atoms with Gasteiger partial charge in [0.25, 0.3) is 0 Å². The maximum absolute atomic E-state index is 12.5. The molecule has 0 N–H and O–H groups in total. The van der Waals surface area contributed by atoms with Gasteiger partial charge < -0.3 is 14.2 Å². The van der Waals surface area contributed by atoms with Crippen LogP contribution < -0.4 is 0 Å². The molecule has 0 aromatic carbocycles.